The Morgan fingerprint density at radius 3 is 2.42 bits per heavy atom. The number of benzene rings is 1. The lowest BCUT2D eigenvalue weighted by atomic mass is 9.89. The van der Waals surface area contributed by atoms with Crippen molar-refractivity contribution in [2.75, 3.05) is 33.3 Å². The molecule has 2 aliphatic rings. The fourth-order valence-electron chi connectivity index (χ4n) is 3.51. The van der Waals surface area contributed by atoms with Crippen LogP contribution in [-0.2, 0) is 9.53 Å². The van der Waals surface area contributed by atoms with Crippen molar-refractivity contribution in [1.82, 2.24) is 10.2 Å². The number of likely N-dealkylation sites (tertiary alicyclic amines) is 1. The van der Waals surface area contributed by atoms with Crippen LogP contribution in [0.1, 0.15) is 25.7 Å². The van der Waals surface area contributed by atoms with Crippen LogP contribution in [0.25, 0.3) is 0 Å². The summed E-state index contributed by atoms with van der Waals surface area (Å²) in [7, 11) is 1.63. The van der Waals surface area contributed by atoms with Gasteiger partial charge >= 0.3 is 0 Å². The van der Waals surface area contributed by atoms with Gasteiger partial charge < -0.3 is 19.7 Å². The van der Waals surface area contributed by atoms with Crippen LogP contribution in [0.5, 0.6) is 5.75 Å². The zero-order valence-corrected chi connectivity index (χ0v) is 14.1. The molecular formula is C18H25FN2O3. The highest BCUT2D eigenvalue weighted by Crippen LogP contribution is 2.27. The average molecular weight is 336 g/mol. The molecule has 0 radical (unpaired) electrons. The van der Waals surface area contributed by atoms with E-state index in [0.717, 1.165) is 25.9 Å². The Kier molecular flexibility index (Phi) is 5.36. The summed E-state index contributed by atoms with van der Waals surface area (Å²) in [5.41, 5.74) is -0.671. The lowest BCUT2D eigenvalue weighted by molar-refractivity contribution is -0.160. The van der Waals surface area contributed by atoms with Gasteiger partial charge in [-0.05, 0) is 50.2 Å². The van der Waals surface area contributed by atoms with Crippen LogP contribution in [0.4, 0.5) is 4.39 Å². The van der Waals surface area contributed by atoms with Crippen LogP contribution in [0, 0.1) is 5.82 Å². The molecule has 0 bridgehead atoms. The highest BCUT2D eigenvalue weighted by Gasteiger charge is 2.43. The first-order valence-electron chi connectivity index (χ1n) is 8.60. The number of amides is 1. The van der Waals surface area contributed by atoms with Crippen molar-refractivity contribution in [2.24, 2.45) is 0 Å². The SMILES string of the molecule is COC1(C(=O)N2CCC(Oc3ccc(F)cc3)CC2)CCNCC1. The van der Waals surface area contributed by atoms with Crippen molar-refractivity contribution in [3.05, 3.63) is 30.1 Å². The molecule has 1 amide bonds. The van der Waals surface area contributed by atoms with E-state index in [1.807, 2.05) is 4.90 Å². The van der Waals surface area contributed by atoms with Crippen molar-refractivity contribution in [3.8, 4) is 5.75 Å². The van der Waals surface area contributed by atoms with Crippen molar-refractivity contribution >= 4 is 5.91 Å². The fourth-order valence-corrected chi connectivity index (χ4v) is 3.51. The van der Waals surface area contributed by atoms with E-state index in [-0.39, 0.29) is 17.8 Å². The number of carbonyl (C=O) groups excluding carboxylic acids is 1. The maximum atomic E-state index is 12.9. The Bertz CT molecular complexity index is 550. The van der Waals surface area contributed by atoms with Crippen molar-refractivity contribution in [3.63, 3.8) is 0 Å². The Hall–Kier alpha value is -1.66. The fraction of sp³-hybridized carbons (Fsp3) is 0.611. The zero-order valence-electron chi connectivity index (χ0n) is 14.1. The van der Waals surface area contributed by atoms with Gasteiger partial charge in [0.1, 0.15) is 23.3 Å². The molecule has 0 atom stereocenters. The van der Waals surface area contributed by atoms with Crippen molar-refractivity contribution < 1.29 is 18.7 Å². The lowest BCUT2D eigenvalue weighted by Crippen LogP contribution is -2.57. The Labute approximate surface area is 142 Å². The van der Waals surface area contributed by atoms with Crippen molar-refractivity contribution in [2.45, 2.75) is 37.4 Å². The smallest absolute Gasteiger partial charge is 0.254 e. The molecule has 2 fully saturated rings. The summed E-state index contributed by atoms with van der Waals surface area (Å²) in [5.74, 6) is 0.509. The number of hydrogen-bond acceptors (Lipinski definition) is 4. The predicted molar refractivity (Wildman–Crippen MR) is 88.5 cm³/mol. The monoisotopic (exact) mass is 336 g/mol. The van der Waals surface area contributed by atoms with Gasteiger partial charge in [-0.2, -0.15) is 0 Å². The molecule has 5 nitrogen and oxygen atoms in total. The van der Waals surface area contributed by atoms with E-state index in [1.165, 1.54) is 12.1 Å². The van der Waals surface area contributed by atoms with Gasteiger partial charge in [0.15, 0.2) is 0 Å². The van der Waals surface area contributed by atoms with E-state index in [4.69, 9.17) is 9.47 Å². The van der Waals surface area contributed by atoms with E-state index in [0.29, 0.717) is 31.7 Å². The standard InChI is InChI=1S/C18H25FN2O3/c1-23-18(8-10-20-11-9-18)17(22)21-12-6-16(7-13-21)24-15-4-2-14(19)3-5-15/h2-5,16,20H,6-13H2,1H3. The van der Waals surface area contributed by atoms with Crippen molar-refractivity contribution in [1.29, 1.82) is 0 Å². The van der Waals surface area contributed by atoms with Gasteiger partial charge in [-0.15, -0.1) is 0 Å². The minimum absolute atomic E-state index is 0.0611. The molecule has 3 rings (SSSR count). The number of carbonyl (C=O) groups is 1. The van der Waals surface area contributed by atoms with E-state index in [2.05, 4.69) is 5.32 Å². The molecule has 1 aromatic rings. The number of piperidine rings is 2. The lowest BCUT2D eigenvalue weighted by Gasteiger charge is -2.41. The van der Waals surface area contributed by atoms with Gasteiger partial charge in [0, 0.05) is 33.0 Å². The van der Waals surface area contributed by atoms with Crippen LogP contribution in [0.2, 0.25) is 0 Å². The molecule has 0 spiro atoms. The summed E-state index contributed by atoms with van der Waals surface area (Å²) in [6.07, 6.45) is 3.05. The predicted octanol–water partition coefficient (Wildman–Crippen LogP) is 1.96. The second-order valence-electron chi connectivity index (χ2n) is 6.51. The number of nitrogens with zero attached hydrogens (tertiary/aromatic N) is 1. The molecule has 0 aliphatic carbocycles. The highest BCUT2D eigenvalue weighted by molar-refractivity contribution is 5.85. The Morgan fingerprint density at radius 1 is 1.21 bits per heavy atom. The number of ether oxygens (including phenoxy) is 2. The molecule has 0 unspecified atom stereocenters. The van der Waals surface area contributed by atoms with E-state index < -0.39 is 5.60 Å². The molecule has 1 aromatic carbocycles. The summed E-state index contributed by atoms with van der Waals surface area (Å²) in [6, 6.07) is 6.07. The second-order valence-corrected chi connectivity index (χ2v) is 6.51. The topological polar surface area (TPSA) is 50.8 Å². The van der Waals surface area contributed by atoms with Gasteiger partial charge in [0.05, 0.1) is 0 Å². The van der Waals surface area contributed by atoms with Gasteiger partial charge in [-0.1, -0.05) is 0 Å². The quantitative estimate of drug-likeness (QED) is 0.913. The van der Waals surface area contributed by atoms with Crippen LogP contribution in [0.3, 0.4) is 0 Å². The normalized spacial score (nSPS) is 21.5. The summed E-state index contributed by atoms with van der Waals surface area (Å²) < 4.78 is 24.5. The molecule has 6 heteroatoms. The largest absolute Gasteiger partial charge is 0.490 e. The number of nitrogens with one attached hydrogen (secondary N) is 1. The number of methoxy groups -OCH3 is 1. The van der Waals surface area contributed by atoms with Crippen LogP contribution in [-0.4, -0.2) is 55.8 Å². The summed E-state index contributed by atoms with van der Waals surface area (Å²) in [4.78, 5) is 14.8. The molecule has 0 aromatic heterocycles. The molecule has 132 valence electrons. The first kappa shape index (κ1) is 17.2. The molecule has 1 N–H and O–H groups in total. The highest BCUT2D eigenvalue weighted by atomic mass is 19.1. The number of hydrogen-bond donors (Lipinski definition) is 1. The maximum absolute atomic E-state index is 12.9. The Balaban J connectivity index is 1.54. The first-order valence-corrected chi connectivity index (χ1v) is 8.60. The van der Waals surface area contributed by atoms with Gasteiger partial charge in [0.2, 0.25) is 0 Å². The summed E-state index contributed by atoms with van der Waals surface area (Å²) >= 11 is 0. The molecule has 2 aliphatic heterocycles. The van der Waals surface area contributed by atoms with Gasteiger partial charge in [0.25, 0.3) is 5.91 Å². The molecule has 2 saturated heterocycles. The number of rotatable bonds is 4. The van der Waals surface area contributed by atoms with E-state index >= 15 is 0 Å². The number of halogens is 1. The summed E-state index contributed by atoms with van der Waals surface area (Å²) in [6.45, 7) is 2.96. The van der Waals surface area contributed by atoms with Gasteiger partial charge in [-0.3, -0.25) is 4.79 Å². The second kappa shape index (κ2) is 7.49. The maximum Gasteiger partial charge on any atom is 0.254 e. The van der Waals surface area contributed by atoms with Crippen LogP contribution >= 0.6 is 0 Å². The zero-order chi connectivity index (χ0) is 17.0. The van der Waals surface area contributed by atoms with E-state index in [1.54, 1.807) is 19.2 Å². The molecule has 2 heterocycles. The van der Waals surface area contributed by atoms with E-state index in [9.17, 15) is 9.18 Å². The third-order valence-corrected chi connectivity index (χ3v) is 5.04. The summed E-state index contributed by atoms with van der Waals surface area (Å²) in [5, 5.41) is 3.27. The van der Waals surface area contributed by atoms with Gasteiger partial charge in [-0.25, -0.2) is 4.39 Å². The third-order valence-electron chi connectivity index (χ3n) is 5.04. The molecule has 0 saturated carbocycles. The first-order chi connectivity index (χ1) is 11.6. The van der Waals surface area contributed by atoms with Crippen LogP contribution in [0.15, 0.2) is 24.3 Å². The average Bonchev–Trinajstić information content (AvgIpc) is 2.64. The Morgan fingerprint density at radius 2 is 1.83 bits per heavy atom. The minimum Gasteiger partial charge on any atom is -0.490 e. The van der Waals surface area contributed by atoms with Crippen LogP contribution < -0.4 is 10.1 Å². The molecular weight excluding hydrogens is 311 g/mol. The third kappa shape index (κ3) is 3.70. The minimum atomic E-state index is -0.671. The molecule has 24 heavy (non-hydrogen) atoms.